The molecular weight excluding hydrogens is 292 g/mol. The molecule has 0 fully saturated rings. The number of rotatable bonds is 4. The molecule has 0 heterocycles. The maximum atomic E-state index is 12.2. The molecule has 110 valence electrons. The van der Waals surface area contributed by atoms with E-state index < -0.39 is 5.91 Å². The standard InChI is InChI=1S/C18H16N2OS/c1-13-4-3-5-16(10-13)20-18(21)15(12-19)11-14-6-8-17(22-2)9-7-14/h3-11H,1-2H3,(H,20,21). The number of aryl methyl sites for hydroxylation is 1. The summed E-state index contributed by atoms with van der Waals surface area (Å²) in [5, 5.41) is 12.0. The van der Waals surface area contributed by atoms with Crippen LogP contribution in [0.5, 0.6) is 0 Å². The summed E-state index contributed by atoms with van der Waals surface area (Å²) in [6.07, 6.45) is 3.59. The molecule has 0 aliphatic rings. The van der Waals surface area contributed by atoms with Crippen molar-refractivity contribution in [2.24, 2.45) is 0 Å². The number of carbonyl (C=O) groups is 1. The van der Waals surface area contributed by atoms with Crippen LogP contribution in [-0.2, 0) is 4.79 Å². The second-order valence-corrected chi connectivity index (χ2v) is 5.65. The number of thioether (sulfide) groups is 1. The zero-order valence-corrected chi connectivity index (χ0v) is 13.3. The molecule has 0 bridgehead atoms. The van der Waals surface area contributed by atoms with Gasteiger partial charge in [0.25, 0.3) is 5.91 Å². The van der Waals surface area contributed by atoms with Gasteiger partial charge in [-0.05, 0) is 54.6 Å². The Labute approximate surface area is 134 Å². The van der Waals surface area contributed by atoms with Crippen molar-refractivity contribution in [3.63, 3.8) is 0 Å². The first-order valence-electron chi connectivity index (χ1n) is 6.76. The fourth-order valence-corrected chi connectivity index (χ4v) is 2.34. The lowest BCUT2D eigenvalue weighted by Crippen LogP contribution is -2.13. The monoisotopic (exact) mass is 308 g/mol. The van der Waals surface area contributed by atoms with Gasteiger partial charge in [0.1, 0.15) is 11.6 Å². The first kappa shape index (κ1) is 15.9. The van der Waals surface area contributed by atoms with Gasteiger partial charge in [0.05, 0.1) is 0 Å². The Bertz CT molecular complexity index is 742. The molecule has 1 N–H and O–H groups in total. The molecule has 4 heteroatoms. The highest BCUT2D eigenvalue weighted by molar-refractivity contribution is 7.98. The van der Waals surface area contributed by atoms with Gasteiger partial charge in [-0.1, -0.05) is 24.3 Å². The summed E-state index contributed by atoms with van der Waals surface area (Å²) in [6.45, 7) is 1.95. The molecule has 1 amide bonds. The van der Waals surface area contributed by atoms with Gasteiger partial charge < -0.3 is 5.32 Å². The minimum Gasteiger partial charge on any atom is -0.321 e. The largest absolute Gasteiger partial charge is 0.321 e. The maximum Gasteiger partial charge on any atom is 0.266 e. The van der Waals surface area contributed by atoms with Gasteiger partial charge in [-0.15, -0.1) is 11.8 Å². The van der Waals surface area contributed by atoms with Crippen LogP contribution < -0.4 is 5.32 Å². The van der Waals surface area contributed by atoms with Crippen molar-refractivity contribution < 1.29 is 4.79 Å². The fourth-order valence-electron chi connectivity index (χ4n) is 1.94. The van der Waals surface area contributed by atoms with E-state index in [-0.39, 0.29) is 5.57 Å². The molecule has 0 aliphatic carbocycles. The SMILES string of the molecule is CSc1ccc(C=C(C#N)C(=O)Nc2cccc(C)c2)cc1. The van der Waals surface area contributed by atoms with Crippen LogP contribution in [0.15, 0.2) is 59.0 Å². The predicted molar refractivity (Wildman–Crippen MR) is 91.6 cm³/mol. The van der Waals surface area contributed by atoms with Gasteiger partial charge in [-0.3, -0.25) is 4.79 Å². The van der Waals surface area contributed by atoms with Crippen molar-refractivity contribution >= 4 is 29.4 Å². The number of carbonyl (C=O) groups excluding carboxylic acids is 1. The maximum absolute atomic E-state index is 12.2. The van der Waals surface area contributed by atoms with Crippen molar-refractivity contribution in [2.45, 2.75) is 11.8 Å². The third-order valence-corrected chi connectivity index (χ3v) is 3.81. The van der Waals surface area contributed by atoms with Crippen LogP contribution in [-0.4, -0.2) is 12.2 Å². The molecular formula is C18H16N2OS. The van der Waals surface area contributed by atoms with Crippen LogP contribution in [0.3, 0.4) is 0 Å². The van der Waals surface area contributed by atoms with E-state index in [1.54, 1.807) is 23.9 Å². The zero-order valence-electron chi connectivity index (χ0n) is 12.5. The summed E-state index contributed by atoms with van der Waals surface area (Å²) in [4.78, 5) is 13.3. The summed E-state index contributed by atoms with van der Waals surface area (Å²) < 4.78 is 0. The average molecular weight is 308 g/mol. The second-order valence-electron chi connectivity index (χ2n) is 4.77. The van der Waals surface area contributed by atoms with Crippen molar-refractivity contribution in [1.82, 2.24) is 0 Å². The number of hydrogen-bond acceptors (Lipinski definition) is 3. The van der Waals surface area contributed by atoms with Crippen molar-refractivity contribution in [3.05, 3.63) is 65.2 Å². The minimum absolute atomic E-state index is 0.0819. The highest BCUT2D eigenvalue weighted by Gasteiger charge is 2.09. The molecule has 0 saturated carbocycles. The van der Waals surface area contributed by atoms with Gasteiger partial charge in [-0.2, -0.15) is 5.26 Å². The molecule has 2 aromatic rings. The lowest BCUT2D eigenvalue weighted by Gasteiger charge is -2.05. The summed E-state index contributed by atoms with van der Waals surface area (Å²) in [5.74, 6) is -0.401. The van der Waals surface area contributed by atoms with Crippen LogP contribution in [0, 0.1) is 18.3 Å². The molecule has 0 atom stereocenters. The third kappa shape index (κ3) is 4.24. The Balaban J connectivity index is 2.17. The molecule has 0 unspecified atom stereocenters. The zero-order chi connectivity index (χ0) is 15.9. The fraction of sp³-hybridized carbons (Fsp3) is 0.111. The smallest absolute Gasteiger partial charge is 0.266 e. The van der Waals surface area contributed by atoms with Gasteiger partial charge in [0.2, 0.25) is 0 Å². The van der Waals surface area contributed by atoms with Crippen LogP contribution in [0.25, 0.3) is 6.08 Å². The van der Waals surface area contributed by atoms with Gasteiger partial charge >= 0.3 is 0 Å². The molecule has 3 nitrogen and oxygen atoms in total. The van der Waals surface area contributed by atoms with Crippen LogP contribution in [0.1, 0.15) is 11.1 Å². The first-order valence-corrected chi connectivity index (χ1v) is 7.98. The summed E-state index contributed by atoms with van der Waals surface area (Å²) in [7, 11) is 0. The topological polar surface area (TPSA) is 52.9 Å². The minimum atomic E-state index is -0.401. The van der Waals surface area contributed by atoms with E-state index in [1.165, 1.54) is 0 Å². The van der Waals surface area contributed by atoms with E-state index in [0.717, 1.165) is 16.0 Å². The van der Waals surface area contributed by atoms with E-state index in [9.17, 15) is 10.1 Å². The molecule has 0 spiro atoms. The van der Waals surface area contributed by atoms with E-state index in [1.807, 2.05) is 61.7 Å². The number of anilines is 1. The molecule has 0 aliphatic heterocycles. The Morgan fingerprint density at radius 3 is 2.55 bits per heavy atom. The summed E-state index contributed by atoms with van der Waals surface area (Å²) in [5.41, 5.74) is 2.64. The Morgan fingerprint density at radius 2 is 1.95 bits per heavy atom. The van der Waals surface area contributed by atoms with Gasteiger partial charge in [0.15, 0.2) is 0 Å². The second kappa shape index (κ2) is 7.48. The van der Waals surface area contributed by atoms with E-state index >= 15 is 0 Å². The normalized spacial score (nSPS) is 10.9. The van der Waals surface area contributed by atoms with E-state index in [2.05, 4.69) is 5.32 Å². The Morgan fingerprint density at radius 1 is 1.23 bits per heavy atom. The van der Waals surface area contributed by atoms with Gasteiger partial charge in [-0.25, -0.2) is 0 Å². The lowest BCUT2D eigenvalue weighted by atomic mass is 10.1. The van der Waals surface area contributed by atoms with Crippen molar-refractivity contribution in [3.8, 4) is 6.07 Å². The third-order valence-electron chi connectivity index (χ3n) is 3.07. The molecule has 0 radical (unpaired) electrons. The van der Waals surface area contributed by atoms with Crippen LogP contribution >= 0.6 is 11.8 Å². The first-order chi connectivity index (χ1) is 10.6. The van der Waals surface area contributed by atoms with E-state index in [0.29, 0.717) is 5.69 Å². The number of nitrogens with zero attached hydrogens (tertiary/aromatic N) is 1. The number of nitriles is 1. The molecule has 2 aromatic carbocycles. The molecule has 0 saturated heterocycles. The highest BCUT2D eigenvalue weighted by atomic mass is 32.2. The Kier molecular flexibility index (Phi) is 5.40. The average Bonchev–Trinajstić information content (AvgIpc) is 2.53. The molecule has 0 aromatic heterocycles. The number of amides is 1. The van der Waals surface area contributed by atoms with Gasteiger partial charge in [0, 0.05) is 10.6 Å². The lowest BCUT2D eigenvalue weighted by molar-refractivity contribution is -0.112. The summed E-state index contributed by atoms with van der Waals surface area (Å²) >= 11 is 1.65. The molecule has 2 rings (SSSR count). The van der Waals surface area contributed by atoms with Crippen molar-refractivity contribution in [2.75, 3.05) is 11.6 Å². The number of benzene rings is 2. The van der Waals surface area contributed by atoms with Crippen molar-refractivity contribution in [1.29, 1.82) is 5.26 Å². The quantitative estimate of drug-likeness (QED) is 0.521. The number of hydrogen-bond donors (Lipinski definition) is 1. The predicted octanol–water partition coefficient (Wildman–Crippen LogP) is 4.26. The summed E-state index contributed by atoms with van der Waals surface area (Å²) in [6, 6.07) is 17.1. The number of nitrogens with one attached hydrogen (secondary N) is 1. The van der Waals surface area contributed by atoms with Crippen LogP contribution in [0.4, 0.5) is 5.69 Å². The van der Waals surface area contributed by atoms with Crippen LogP contribution in [0.2, 0.25) is 0 Å². The Hall–Kier alpha value is -2.51. The van der Waals surface area contributed by atoms with E-state index in [4.69, 9.17) is 0 Å². The molecule has 22 heavy (non-hydrogen) atoms. The highest BCUT2D eigenvalue weighted by Crippen LogP contribution is 2.17.